The maximum Gasteiger partial charge on any atom is 0.307 e. The number of piperidine rings is 1. The molecule has 0 radical (unpaired) electrons. The molecule has 11 heteroatoms. The van der Waals surface area contributed by atoms with Crippen LogP contribution < -0.4 is 8.92 Å². The lowest BCUT2D eigenvalue weighted by molar-refractivity contribution is -0.145. The largest absolute Gasteiger partial charge is 0.487 e. The molecule has 1 aromatic carbocycles. The van der Waals surface area contributed by atoms with Crippen LogP contribution in [0.25, 0.3) is 11.4 Å². The minimum Gasteiger partial charge on any atom is -0.487 e. The maximum atomic E-state index is 11.3. The van der Waals surface area contributed by atoms with Crippen LogP contribution >= 0.6 is 25.7 Å². The molecule has 2 aromatic heterocycles. The van der Waals surface area contributed by atoms with Gasteiger partial charge in [-0.2, -0.15) is 23.0 Å². The van der Waals surface area contributed by atoms with E-state index in [2.05, 4.69) is 15.2 Å². The van der Waals surface area contributed by atoms with Gasteiger partial charge in [0.15, 0.2) is 12.2 Å². The van der Waals surface area contributed by atoms with E-state index >= 15 is 0 Å². The van der Waals surface area contributed by atoms with Gasteiger partial charge in [-0.25, -0.2) is 5.01 Å². The molecule has 0 bridgehead atoms. The summed E-state index contributed by atoms with van der Waals surface area (Å²) in [5.41, 5.74) is 2.62. The molecule has 176 valence electrons. The number of aromatic nitrogens is 3. The van der Waals surface area contributed by atoms with Gasteiger partial charge >= 0.3 is 5.97 Å². The third kappa shape index (κ3) is 6.87. The number of carboxylic acid groups (broad SMARTS) is 1. The van der Waals surface area contributed by atoms with Gasteiger partial charge < -0.3 is 14.0 Å². The molecule has 1 fully saturated rings. The van der Waals surface area contributed by atoms with Crippen LogP contribution in [0.1, 0.15) is 18.4 Å². The molecule has 3 heterocycles. The van der Waals surface area contributed by atoms with Gasteiger partial charge in [-0.3, -0.25) is 14.9 Å². The summed E-state index contributed by atoms with van der Waals surface area (Å²) in [4.78, 5) is 15.7. The van der Waals surface area contributed by atoms with Gasteiger partial charge in [0.05, 0.1) is 23.5 Å². The fourth-order valence-electron chi connectivity index (χ4n) is 3.44. The van der Waals surface area contributed by atoms with Gasteiger partial charge in [0, 0.05) is 26.3 Å². The first-order valence-corrected chi connectivity index (χ1v) is 11.0. The second kappa shape index (κ2) is 11.9. The van der Waals surface area contributed by atoms with Crippen molar-refractivity contribution in [3.63, 3.8) is 0 Å². The quantitative estimate of drug-likeness (QED) is 0.343. The molecule has 1 atom stereocenters. The highest BCUT2D eigenvalue weighted by Crippen LogP contribution is 2.25. The summed E-state index contributed by atoms with van der Waals surface area (Å²) in [5.74, 6) is 0.289. The molecule has 33 heavy (non-hydrogen) atoms. The van der Waals surface area contributed by atoms with E-state index in [1.54, 1.807) is 12.4 Å². The predicted molar refractivity (Wildman–Crippen MR) is 131 cm³/mol. The van der Waals surface area contributed by atoms with Crippen LogP contribution in [-0.4, -0.2) is 55.8 Å². The Kier molecular flexibility index (Phi) is 9.01. The molecule has 1 unspecified atom stereocenters. The average molecular weight is 490 g/mol. The summed E-state index contributed by atoms with van der Waals surface area (Å²) in [7, 11) is 1.88. The number of aliphatic carboxylic acids is 1. The SMILES string of the molecule is CN(SOc1cccc(COc2ccc(-c3ccn[nH]3)nc2)c1)N1CCCC(C(=O)O)C1.S. The van der Waals surface area contributed by atoms with E-state index in [-0.39, 0.29) is 19.4 Å². The number of benzene rings is 1. The number of hydrazine groups is 1. The predicted octanol–water partition coefficient (Wildman–Crippen LogP) is 3.75. The standard InChI is InChI=1S/C22H25N5O4S.H2S/c1-26(27-11-3-5-17(14-27)22(28)29)32-31-18-6-2-4-16(12-18)15-30-19-7-8-20(23-13-19)21-9-10-24-25-21;/h2,4,6-10,12-13,17H,3,5,11,14-15H2,1H3,(H,24,25)(H,28,29);1H2. The molecule has 1 aliphatic heterocycles. The van der Waals surface area contributed by atoms with E-state index in [4.69, 9.17) is 8.92 Å². The molecule has 1 aliphatic rings. The Labute approximate surface area is 203 Å². The minimum absolute atomic E-state index is 0. The third-order valence-corrected chi connectivity index (χ3v) is 5.92. The summed E-state index contributed by atoms with van der Waals surface area (Å²) >= 11 is 1.18. The second-order valence-corrected chi connectivity index (χ2v) is 8.34. The number of nitrogens with one attached hydrogen (secondary N) is 1. The first kappa shape index (κ1) is 24.9. The Morgan fingerprint density at radius 2 is 2.18 bits per heavy atom. The van der Waals surface area contributed by atoms with Crippen LogP contribution in [0.2, 0.25) is 0 Å². The summed E-state index contributed by atoms with van der Waals surface area (Å²) in [6, 6.07) is 13.3. The van der Waals surface area contributed by atoms with Crippen LogP contribution in [0, 0.1) is 5.92 Å². The summed E-state index contributed by atoms with van der Waals surface area (Å²) in [6.45, 7) is 1.69. The molecule has 4 rings (SSSR count). The molecule has 3 aromatic rings. The van der Waals surface area contributed by atoms with Crippen LogP contribution in [0.5, 0.6) is 11.5 Å². The van der Waals surface area contributed by atoms with E-state index in [0.29, 0.717) is 31.1 Å². The first-order valence-electron chi connectivity index (χ1n) is 10.3. The fraction of sp³-hybridized carbons (Fsp3) is 0.318. The normalized spacial score (nSPS) is 16.2. The number of hydrogen-bond acceptors (Lipinski definition) is 8. The number of H-pyrrole nitrogens is 1. The smallest absolute Gasteiger partial charge is 0.307 e. The monoisotopic (exact) mass is 489 g/mol. The van der Waals surface area contributed by atoms with Crippen molar-refractivity contribution < 1.29 is 18.8 Å². The van der Waals surface area contributed by atoms with Crippen molar-refractivity contribution >= 4 is 31.7 Å². The minimum atomic E-state index is -0.743. The highest BCUT2D eigenvalue weighted by Gasteiger charge is 2.28. The topological polar surface area (TPSA) is 104 Å². The van der Waals surface area contributed by atoms with Gasteiger partial charge in [-0.1, -0.05) is 12.1 Å². The number of hydrogen-bond donors (Lipinski definition) is 2. The van der Waals surface area contributed by atoms with Gasteiger partial charge in [0.1, 0.15) is 18.1 Å². The fourth-order valence-corrected chi connectivity index (χ4v) is 3.98. The Morgan fingerprint density at radius 3 is 2.91 bits per heavy atom. The zero-order valence-corrected chi connectivity index (χ0v) is 20.0. The lowest BCUT2D eigenvalue weighted by atomic mass is 10.00. The highest BCUT2D eigenvalue weighted by molar-refractivity contribution is 7.92. The lowest BCUT2D eigenvalue weighted by Crippen LogP contribution is -2.45. The molecule has 0 aliphatic carbocycles. The lowest BCUT2D eigenvalue weighted by Gasteiger charge is -2.35. The van der Waals surface area contributed by atoms with Crippen molar-refractivity contribution in [1.82, 2.24) is 24.6 Å². The van der Waals surface area contributed by atoms with Gasteiger partial charge in [0.25, 0.3) is 0 Å². The number of pyridine rings is 1. The van der Waals surface area contributed by atoms with Gasteiger partial charge in [0.2, 0.25) is 0 Å². The van der Waals surface area contributed by atoms with E-state index in [1.807, 2.05) is 58.9 Å². The zero-order valence-electron chi connectivity index (χ0n) is 18.2. The Morgan fingerprint density at radius 1 is 1.30 bits per heavy atom. The van der Waals surface area contributed by atoms with E-state index < -0.39 is 5.97 Å². The molecule has 0 amide bonds. The molecule has 2 N–H and O–H groups in total. The number of aromatic amines is 1. The average Bonchev–Trinajstić information content (AvgIpc) is 3.37. The number of carbonyl (C=O) groups is 1. The van der Waals surface area contributed by atoms with Crippen molar-refractivity contribution in [2.24, 2.45) is 5.92 Å². The summed E-state index contributed by atoms with van der Waals surface area (Å²) < 4.78 is 13.5. The van der Waals surface area contributed by atoms with Crippen LogP contribution in [0.15, 0.2) is 54.9 Å². The number of nitrogens with zero attached hydrogens (tertiary/aromatic N) is 4. The number of carboxylic acids is 1. The molecule has 0 spiro atoms. The van der Waals surface area contributed by atoms with E-state index in [0.717, 1.165) is 29.9 Å². The molecule has 0 saturated carbocycles. The van der Waals surface area contributed by atoms with Crippen molar-refractivity contribution in [3.05, 3.63) is 60.4 Å². The molecule has 9 nitrogen and oxygen atoms in total. The van der Waals surface area contributed by atoms with E-state index in [9.17, 15) is 9.90 Å². The van der Waals surface area contributed by atoms with Crippen molar-refractivity contribution in [3.8, 4) is 22.9 Å². The van der Waals surface area contributed by atoms with Crippen LogP contribution in [-0.2, 0) is 11.4 Å². The van der Waals surface area contributed by atoms with Crippen molar-refractivity contribution in [2.75, 3.05) is 20.1 Å². The zero-order chi connectivity index (χ0) is 22.3. The number of rotatable bonds is 9. The van der Waals surface area contributed by atoms with Gasteiger partial charge in [-0.15, -0.1) is 0 Å². The highest BCUT2D eigenvalue weighted by atomic mass is 32.2. The Hall–Kier alpha value is -2.73. The summed E-state index contributed by atoms with van der Waals surface area (Å²) in [6.07, 6.45) is 4.94. The Balaban J connectivity index is 0.00000306. The molecular weight excluding hydrogens is 462 g/mol. The molecular formula is C22H27N5O4S2. The number of ether oxygens (including phenoxy) is 1. The second-order valence-electron chi connectivity index (χ2n) is 7.50. The third-order valence-electron chi connectivity index (χ3n) is 5.21. The van der Waals surface area contributed by atoms with Crippen LogP contribution in [0.4, 0.5) is 0 Å². The van der Waals surface area contributed by atoms with Crippen LogP contribution in [0.3, 0.4) is 0 Å². The summed E-state index contributed by atoms with van der Waals surface area (Å²) in [5, 5.41) is 18.1. The van der Waals surface area contributed by atoms with Crippen molar-refractivity contribution in [2.45, 2.75) is 19.4 Å². The molecule has 1 saturated heterocycles. The Bertz CT molecular complexity index is 1020. The first-order chi connectivity index (χ1) is 15.6. The van der Waals surface area contributed by atoms with E-state index in [1.165, 1.54) is 12.2 Å². The van der Waals surface area contributed by atoms with Gasteiger partial charge in [-0.05, 0) is 48.7 Å². The maximum absolute atomic E-state index is 11.3. The van der Waals surface area contributed by atoms with Crippen molar-refractivity contribution in [1.29, 1.82) is 0 Å².